The van der Waals surface area contributed by atoms with Gasteiger partial charge in [-0.15, -0.1) is 0 Å². The smallest absolute Gasteiger partial charge is 0.338 e. The van der Waals surface area contributed by atoms with Gasteiger partial charge in [-0.3, -0.25) is 4.79 Å². The van der Waals surface area contributed by atoms with E-state index in [1.807, 2.05) is 92.6 Å². The average molecular weight is 506 g/mol. The number of thioether (sulfide) groups is 1. The van der Waals surface area contributed by atoms with Crippen molar-refractivity contribution in [1.29, 1.82) is 0 Å². The number of rotatable bonds is 8. The summed E-state index contributed by atoms with van der Waals surface area (Å²) in [5, 5.41) is 2.68. The molecule has 0 bridgehead atoms. The van der Waals surface area contributed by atoms with E-state index in [-0.39, 0.29) is 18.4 Å². The summed E-state index contributed by atoms with van der Waals surface area (Å²) < 4.78 is 11.7. The molecular weight excluding hydrogens is 474 g/mol. The summed E-state index contributed by atoms with van der Waals surface area (Å²) >= 11 is 1.46. The van der Waals surface area contributed by atoms with Crippen molar-refractivity contribution in [3.63, 3.8) is 0 Å². The third kappa shape index (κ3) is 5.49. The number of carbonyl (C=O) groups excluding carboxylic acids is 2. The number of amides is 1. The summed E-state index contributed by atoms with van der Waals surface area (Å²) in [6.45, 7) is 8.03. The summed E-state index contributed by atoms with van der Waals surface area (Å²) in [7, 11) is 1.79. The molecule has 36 heavy (non-hydrogen) atoms. The molecule has 1 amide bonds. The Hall–Kier alpha value is -3.52. The molecule has 0 radical (unpaired) electrons. The quantitative estimate of drug-likeness (QED) is 0.418. The first-order valence-electron chi connectivity index (χ1n) is 12.0. The Morgan fingerprint density at radius 3 is 2.53 bits per heavy atom. The lowest BCUT2D eigenvalue weighted by Crippen LogP contribution is -2.38. The van der Waals surface area contributed by atoms with Crippen LogP contribution in [0.3, 0.4) is 0 Å². The fraction of sp³-hybridized carbons (Fsp3) is 0.321. The van der Waals surface area contributed by atoms with E-state index < -0.39 is 12.0 Å². The van der Waals surface area contributed by atoms with Gasteiger partial charge in [0, 0.05) is 19.3 Å². The van der Waals surface area contributed by atoms with Crippen LogP contribution in [-0.4, -0.2) is 46.5 Å². The lowest BCUT2D eigenvalue weighted by atomic mass is 9.93. The van der Waals surface area contributed by atoms with Crippen LogP contribution >= 0.6 is 11.8 Å². The highest BCUT2D eigenvalue weighted by Crippen LogP contribution is 2.45. The van der Waals surface area contributed by atoms with Crippen LogP contribution in [0.2, 0.25) is 0 Å². The third-order valence-electron chi connectivity index (χ3n) is 5.95. The number of benzene rings is 2. The Morgan fingerprint density at radius 2 is 1.83 bits per heavy atom. The first-order chi connectivity index (χ1) is 17.3. The molecule has 2 aromatic carbocycles. The summed E-state index contributed by atoms with van der Waals surface area (Å²) in [4.78, 5) is 34.5. The fourth-order valence-electron chi connectivity index (χ4n) is 4.06. The van der Waals surface area contributed by atoms with Gasteiger partial charge in [0.25, 0.3) is 0 Å². The van der Waals surface area contributed by atoms with E-state index in [1.165, 1.54) is 11.8 Å². The highest BCUT2D eigenvalue weighted by atomic mass is 32.2. The maximum Gasteiger partial charge on any atom is 0.338 e. The van der Waals surface area contributed by atoms with Crippen LogP contribution in [0, 0.1) is 0 Å². The zero-order valence-electron chi connectivity index (χ0n) is 21.2. The SMILES string of the molecule is CCN(C)C(=O)CC1=CSC2=NC(C)=C(C(=O)OC(C)C)[C@H](c3cccc(Oc4ccccc4)c3)N12. The second-order valence-corrected chi connectivity index (χ2v) is 9.76. The highest BCUT2D eigenvalue weighted by molar-refractivity contribution is 8.16. The average Bonchev–Trinajstić information content (AvgIpc) is 3.24. The summed E-state index contributed by atoms with van der Waals surface area (Å²) in [5.41, 5.74) is 2.70. The zero-order valence-corrected chi connectivity index (χ0v) is 22.0. The minimum absolute atomic E-state index is 0.00286. The van der Waals surface area contributed by atoms with Crippen molar-refractivity contribution < 1.29 is 19.1 Å². The van der Waals surface area contributed by atoms with Crippen molar-refractivity contribution in [2.75, 3.05) is 13.6 Å². The number of hydrogen-bond acceptors (Lipinski definition) is 7. The molecule has 0 spiro atoms. The van der Waals surface area contributed by atoms with Crippen molar-refractivity contribution in [3.05, 3.63) is 82.5 Å². The number of fused-ring (bicyclic) bond motifs is 1. The Morgan fingerprint density at radius 1 is 1.11 bits per heavy atom. The van der Waals surface area contributed by atoms with Gasteiger partial charge >= 0.3 is 5.97 Å². The molecule has 4 rings (SSSR count). The van der Waals surface area contributed by atoms with Crippen LogP contribution in [0.15, 0.2) is 82.0 Å². The molecule has 2 heterocycles. The van der Waals surface area contributed by atoms with Crippen molar-refractivity contribution in [3.8, 4) is 11.5 Å². The minimum atomic E-state index is -0.510. The molecule has 2 aliphatic rings. The molecule has 0 unspecified atom stereocenters. The molecule has 2 aromatic rings. The molecule has 0 saturated carbocycles. The predicted octanol–water partition coefficient (Wildman–Crippen LogP) is 5.87. The van der Waals surface area contributed by atoms with Gasteiger partial charge in [-0.05, 0) is 62.9 Å². The molecule has 0 saturated heterocycles. The van der Waals surface area contributed by atoms with E-state index in [1.54, 1.807) is 11.9 Å². The van der Waals surface area contributed by atoms with Crippen LogP contribution in [0.25, 0.3) is 0 Å². The van der Waals surface area contributed by atoms with E-state index in [4.69, 9.17) is 14.5 Å². The maximum absolute atomic E-state index is 13.3. The molecule has 2 aliphatic heterocycles. The van der Waals surface area contributed by atoms with Gasteiger partial charge in [0.15, 0.2) is 5.17 Å². The zero-order chi connectivity index (χ0) is 25.8. The second kappa shape index (κ2) is 11.0. The normalized spacial score (nSPS) is 16.9. The maximum atomic E-state index is 13.3. The number of esters is 1. The molecule has 0 fully saturated rings. The fourth-order valence-corrected chi connectivity index (χ4v) is 5.03. The van der Waals surface area contributed by atoms with Crippen molar-refractivity contribution in [2.45, 2.75) is 46.3 Å². The molecule has 188 valence electrons. The van der Waals surface area contributed by atoms with Crippen LogP contribution in [0.1, 0.15) is 45.7 Å². The van der Waals surface area contributed by atoms with Gasteiger partial charge < -0.3 is 19.3 Å². The van der Waals surface area contributed by atoms with Crippen LogP contribution < -0.4 is 4.74 Å². The van der Waals surface area contributed by atoms with Crippen molar-refractivity contribution in [1.82, 2.24) is 9.80 Å². The van der Waals surface area contributed by atoms with Gasteiger partial charge in [0.2, 0.25) is 5.91 Å². The summed E-state index contributed by atoms with van der Waals surface area (Å²) in [6.07, 6.45) is -0.0714. The Kier molecular flexibility index (Phi) is 7.84. The van der Waals surface area contributed by atoms with Crippen LogP contribution in [0.4, 0.5) is 0 Å². The van der Waals surface area contributed by atoms with Gasteiger partial charge in [-0.2, -0.15) is 0 Å². The molecule has 7 nitrogen and oxygen atoms in total. The Labute approximate surface area is 216 Å². The number of nitrogens with zero attached hydrogens (tertiary/aromatic N) is 3. The lowest BCUT2D eigenvalue weighted by Gasteiger charge is -2.36. The first-order valence-corrected chi connectivity index (χ1v) is 12.9. The number of allylic oxidation sites excluding steroid dienone is 1. The Bertz CT molecular complexity index is 1240. The second-order valence-electron chi connectivity index (χ2n) is 8.92. The van der Waals surface area contributed by atoms with Gasteiger partial charge in [-0.25, -0.2) is 9.79 Å². The number of ether oxygens (including phenoxy) is 2. The Balaban J connectivity index is 1.75. The van der Waals surface area contributed by atoms with Crippen LogP contribution in [0.5, 0.6) is 11.5 Å². The molecule has 0 N–H and O–H groups in total. The molecular formula is C28H31N3O4S. The number of amidine groups is 1. The monoisotopic (exact) mass is 505 g/mol. The molecule has 0 aromatic heterocycles. The van der Waals surface area contributed by atoms with Crippen LogP contribution in [-0.2, 0) is 14.3 Å². The number of hydrogen-bond donors (Lipinski definition) is 0. The van der Waals surface area contributed by atoms with Crippen molar-refractivity contribution >= 4 is 28.8 Å². The predicted molar refractivity (Wildman–Crippen MR) is 143 cm³/mol. The number of aliphatic imine (C=N–C) groups is 1. The van der Waals surface area contributed by atoms with E-state index in [2.05, 4.69) is 0 Å². The van der Waals surface area contributed by atoms with E-state index in [0.29, 0.717) is 23.6 Å². The van der Waals surface area contributed by atoms with E-state index >= 15 is 0 Å². The largest absolute Gasteiger partial charge is 0.459 e. The van der Waals surface area contributed by atoms with Gasteiger partial charge in [0.05, 0.1) is 29.8 Å². The molecule has 8 heteroatoms. The lowest BCUT2D eigenvalue weighted by molar-refractivity contribution is -0.143. The van der Waals surface area contributed by atoms with E-state index in [0.717, 1.165) is 22.2 Å². The highest BCUT2D eigenvalue weighted by Gasteiger charge is 2.41. The number of para-hydroxylation sites is 1. The topological polar surface area (TPSA) is 71.4 Å². The third-order valence-corrected chi connectivity index (χ3v) is 6.84. The first kappa shape index (κ1) is 25.6. The summed E-state index contributed by atoms with van der Waals surface area (Å²) in [6, 6.07) is 16.7. The van der Waals surface area contributed by atoms with Gasteiger partial charge in [-0.1, -0.05) is 42.1 Å². The number of carbonyl (C=O) groups is 2. The molecule has 1 atom stereocenters. The standard InChI is InChI=1S/C28H31N3O4S/c1-6-30(5)24(32)16-21-17-36-28-29-19(4)25(27(33)34-18(2)3)26(31(21)28)20-11-10-14-23(15-20)35-22-12-8-7-9-13-22/h7-15,17-18,26H,6,16H2,1-5H3/t26-/m0/s1. The van der Waals surface area contributed by atoms with E-state index in [9.17, 15) is 9.59 Å². The van der Waals surface area contributed by atoms with Gasteiger partial charge in [0.1, 0.15) is 11.5 Å². The minimum Gasteiger partial charge on any atom is -0.459 e. The molecule has 0 aliphatic carbocycles. The summed E-state index contributed by atoms with van der Waals surface area (Å²) in [5.74, 6) is 0.953. The van der Waals surface area contributed by atoms with Crippen molar-refractivity contribution in [2.24, 2.45) is 4.99 Å².